The zero-order chi connectivity index (χ0) is 13.8. The Balaban J connectivity index is 1.68. The molecule has 1 aliphatic rings. The van der Waals surface area contributed by atoms with E-state index in [1.165, 1.54) is 12.5 Å². The standard InChI is InChI=1S/C13H10N4O3/c18-12-11(7-9-3-1-5-19-9)15-13(16-12)17-14-8-10-4-2-6-20-10/h1-8H,(H2,15,16,17,18)/b11-7-,14-8+. The number of hydrogen-bond donors (Lipinski definition) is 2. The first-order valence-corrected chi connectivity index (χ1v) is 5.79. The fourth-order valence-electron chi connectivity index (χ4n) is 1.55. The molecule has 0 saturated carbocycles. The van der Waals surface area contributed by atoms with Crippen molar-refractivity contribution in [3.05, 3.63) is 54.0 Å². The second-order valence-electron chi connectivity index (χ2n) is 3.84. The van der Waals surface area contributed by atoms with Crippen LogP contribution in [0.15, 0.2) is 61.4 Å². The van der Waals surface area contributed by atoms with Crippen molar-refractivity contribution in [3.63, 3.8) is 0 Å². The molecule has 0 aromatic carbocycles. The molecule has 0 fully saturated rings. The van der Waals surface area contributed by atoms with Crippen LogP contribution >= 0.6 is 0 Å². The van der Waals surface area contributed by atoms with Crippen LogP contribution in [0.3, 0.4) is 0 Å². The molecule has 100 valence electrons. The summed E-state index contributed by atoms with van der Waals surface area (Å²) in [6, 6.07) is 6.97. The van der Waals surface area contributed by atoms with E-state index in [1.54, 1.807) is 36.6 Å². The number of hydrazone groups is 1. The maximum absolute atomic E-state index is 11.7. The molecule has 2 aromatic rings. The minimum absolute atomic E-state index is 0.246. The molecular weight excluding hydrogens is 260 g/mol. The first kappa shape index (κ1) is 12.0. The second kappa shape index (κ2) is 5.27. The van der Waals surface area contributed by atoms with Gasteiger partial charge in [-0.1, -0.05) is 0 Å². The Hall–Kier alpha value is -3.09. The molecule has 1 aliphatic heterocycles. The molecule has 0 unspecified atom stereocenters. The van der Waals surface area contributed by atoms with Gasteiger partial charge in [0.2, 0.25) is 5.96 Å². The average molecular weight is 270 g/mol. The Bertz CT molecular complexity index is 681. The average Bonchev–Trinajstić information content (AvgIpc) is 3.14. The minimum Gasteiger partial charge on any atom is -0.465 e. The molecule has 2 N–H and O–H groups in total. The van der Waals surface area contributed by atoms with Crippen molar-refractivity contribution < 1.29 is 13.6 Å². The van der Waals surface area contributed by atoms with Gasteiger partial charge >= 0.3 is 0 Å². The summed E-state index contributed by atoms with van der Waals surface area (Å²) in [7, 11) is 0. The quantitative estimate of drug-likeness (QED) is 0.500. The second-order valence-corrected chi connectivity index (χ2v) is 3.84. The SMILES string of the molecule is O=C1NC(N/N=C/c2ccco2)=N/C1=C\c1ccco1. The normalized spacial score (nSPS) is 16.7. The number of hydrogen-bond acceptors (Lipinski definition) is 6. The van der Waals surface area contributed by atoms with E-state index < -0.39 is 0 Å². The zero-order valence-corrected chi connectivity index (χ0v) is 10.2. The Labute approximate surface area is 113 Å². The van der Waals surface area contributed by atoms with Crippen LogP contribution in [0, 0.1) is 0 Å². The molecule has 7 nitrogen and oxygen atoms in total. The summed E-state index contributed by atoms with van der Waals surface area (Å²) in [5.41, 5.74) is 2.86. The molecule has 0 aliphatic carbocycles. The van der Waals surface area contributed by atoms with Gasteiger partial charge in [-0.05, 0) is 24.3 Å². The summed E-state index contributed by atoms with van der Waals surface area (Å²) in [5.74, 6) is 1.07. The highest BCUT2D eigenvalue weighted by molar-refractivity contribution is 6.13. The molecule has 0 spiro atoms. The number of carbonyl (C=O) groups is 1. The number of nitrogens with one attached hydrogen (secondary N) is 2. The third-order valence-electron chi connectivity index (χ3n) is 2.42. The predicted octanol–water partition coefficient (Wildman–Crippen LogP) is 1.32. The largest absolute Gasteiger partial charge is 0.465 e. The van der Waals surface area contributed by atoms with Crippen LogP contribution in [0.25, 0.3) is 6.08 Å². The summed E-state index contributed by atoms with van der Waals surface area (Å²) in [6.07, 6.45) is 6.08. The lowest BCUT2D eigenvalue weighted by molar-refractivity contribution is -0.115. The van der Waals surface area contributed by atoms with Gasteiger partial charge in [0, 0.05) is 6.08 Å². The summed E-state index contributed by atoms with van der Waals surface area (Å²) in [4.78, 5) is 15.7. The number of carbonyl (C=O) groups excluding carboxylic acids is 1. The first-order valence-electron chi connectivity index (χ1n) is 5.79. The Morgan fingerprint density at radius 1 is 1.20 bits per heavy atom. The lowest BCUT2D eigenvalue weighted by Crippen LogP contribution is -2.33. The van der Waals surface area contributed by atoms with E-state index in [4.69, 9.17) is 8.83 Å². The number of aliphatic imine (C=N–C) groups is 1. The van der Waals surface area contributed by atoms with E-state index in [0.717, 1.165) is 0 Å². The van der Waals surface area contributed by atoms with Gasteiger partial charge in [0.15, 0.2) is 0 Å². The van der Waals surface area contributed by atoms with Crippen molar-refractivity contribution in [1.29, 1.82) is 0 Å². The summed E-state index contributed by atoms with van der Waals surface area (Å²) >= 11 is 0. The van der Waals surface area contributed by atoms with Crippen LogP contribution in [-0.4, -0.2) is 18.1 Å². The fourth-order valence-corrected chi connectivity index (χ4v) is 1.55. The first-order chi connectivity index (χ1) is 9.81. The number of nitrogens with zero attached hydrogens (tertiary/aromatic N) is 2. The molecule has 0 saturated heterocycles. The van der Waals surface area contributed by atoms with E-state index >= 15 is 0 Å². The van der Waals surface area contributed by atoms with Crippen LogP contribution in [-0.2, 0) is 4.79 Å². The van der Waals surface area contributed by atoms with E-state index in [-0.39, 0.29) is 17.6 Å². The molecule has 2 aromatic heterocycles. The Kier molecular flexibility index (Phi) is 3.15. The van der Waals surface area contributed by atoms with Gasteiger partial charge < -0.3 is 8.83 Å². The highest BCUT2D eigenvalue weighted by atomic mass is 16.3. The lowest BCUT2D eigenvalue weighted by atomic mass is 10.3. The zero-order valence-electron chi connectivity index (χ0n) is 10.2. The van der Waals surface area contributed by atoms with Crippen molar-refractivity contribution >= 4 is 24.2 Å². The molecule has 7 heteroatoms. The Morgan fingerprint density at radius 3 is 2.65 bits per heavy atom. The van der Waals surface area contributed by atoms with Gasteiger partial charge in [-0.15, -0.1) is 0 Å². The number of furan rings is 2. The Morgan fingerprint density at radius 2 is 1.95 bits per heavy atom. The third-order valence-corrected chi connectivity index (χ3v) is 2.42. The van der Waals surface area contributed by atoms with Gasteiger partial charge in [-0.2, -0.15) is 5.10 Å². The van der Waals surface area contributed by atoms with Gasteiger partial charge in [-0.25, -0.2) is 10.4 Å². The van der Waals surface area contributed by atoms with Crippen molar-refractivity contribution in [2.24, 2.45) is 10.1 Å². The molecule has 0 radical (unpaired) electrons. The van der Waals surface area contributed by atoms with Crippen molar-refractivity contribution in [1.82, 2.24) is 10.7 Å². The smallest absolute Gasteiger partial charge is 0.276 e. The third kappa shape index (κ3) is 2.66. The highest BCUT2D eigenvalue weighted by Crippen LogP contribution is 2.11. The van der Waals surface area contributed by atoms with Crippen molar-refractivity contribution in [3.8, 4) is 0 Å². The summed E-state index contributed by atoms with van der Waals surface area (Å²) < 4.78 is 10.2. The van der Waals surface area contributed by atoms with Crippen LogP contribution < -0.4 is 10.7 Å². The fraction of sp³-hybridized carbons (Fsp3) is 0. The summed E-state index contributed by atoms with van der Waals surface area (Å²) in [5, 5.41) is 6.44. The molecule has 3 heterocycles. The minimum atomic E-state index is -0.322. The van der Waals surface area contributed by atoms with E-state index in [9.17, 15) is 4.79 Å². The van der Waals surface area contributed by atoms with Crippen LogP contribution in [0.2, 0.25) is 0 Å². The van der Waals surface area contributed by atoms with Crippen LogP contribution in [0.1, 0.15) is 11.5 Å². The van der Waals surface area contributed by atoms with Gasteiger partial charge in [0.25, 0.3) is 5.91 Å². The van der Waals surface area contributed by atoms with E-state index in [1.807, 2.05) is 0 Å². The van der Waals surface area contributed by atoms with Crippen LogP contribution in [0.5, 0.6) is 0 Å². The topological polar surface area (TPSA) is 92.1 Å². The van der Waals surface area contributed by atoms with Crippen molar-refractivity contribution in [2.45, 2.75) is 0 Å². The molecule has 0 atom stereocenters. The van der Waals surface area contributed by atoms with Gasteiger partial charge in [0.1, 0.15) is 17.2 Å². The summed E-state index contributed by atoms with van der Waals surface area (Å²) in [6.45, 7) is 0. The maximum atomic E-state index is 11.7. The van der Waals surface area contributed by atoms with Gasteiger partial charge in [0.05, 0.1) is 18.7 Å². The highest BCUT2D eigenvalue weighted by Gasteiger charge is 2.19. The number of rotatable bonds is 3. The van der Waals surface area contributed by atoms with Crippen LogP contribution in [0.4, 0.5) is 0 Å². The van der Waals surface area contributed by atoms with E-state index in [2.05, 4.69) is 20.8 Å². The van der Waals surface area contributed by atoms with E-state index in [0.29, 0.717) is 11.5 Å². The molecule has 3 rings (SSSR count). The monoisotopic (exact) mass is 270 g/mol. The molecule has 20 heavy (non-hydrogen) atoms. The molecule has 0 bridgehead atoms. The molecular formula is C13H10N4O3. The lowest BCUT2D eigenvalue weighted by Gasteiger charge is -1.96. The maximum Gasteiger partial charge on any atom is 0.276 e. The number of guanidine groups is 1. The molecule has 1 amide bonds. The van der Waals surface area contributed by atoms with Crippen molar-refractivity contribution in [2.75, 3.05) is 0 Å². The number of amides is 1. The van der Waals surface area contributed by atoms with Gasteiger partial charge in [-0.3, -0.25) is 10.1 Å². The predicted molar refractivity (Wildman–Crippen MR) is 71.7 cm³/mol.